The molecule has 0 aliphatic rings. The predicted octanol–water partition coefficient (Wildman–Crippen LogP) is 6.39. The van der Waals surface area contributed by atoms with Gasteiger partial charge in [-0.25, -0.2) is 16.8 Å². The van der Waals surface area contributed by atoms with Crippen LogP contribution in [0.15, 0.2) is 29.2 Å². The van der Waals surface area contributed by atoms with Gasteiger partial charge in [-0.05, 0) is 19.1 Å². The Hall–Kier alpha value is -2.11. The third kappa shape index (κ3) is 5.74. The van der Waals surface area contributed by atoms with Crippen molar-refractivity contribution < 1.29 is 91.5 Å². The van der Waals surface area contributed by atoms with Gasteiger partial charge in [-0.15, -0.1) is 0 Å². The van der Waals surface area contributed by atoms with Crippen LogP contribution < -0.4 is 0 Å². The number of sulfone groups is 1. The van der Waals surface area contributed by atoms with Crippen molar-refractivity contribution in [2.45, 2.75) is 65.7 Å². The van der Waals surface area contributed by atoms with E-state index in [1.54, 1.807) is 0 Å². The van der Waals surface area contributed by atoms with Gasteiger partial charge in [0.2, 0.25) is 0 Å². The van der Waals surface area contributed by atoms with Crippen molar-refractivity contribution in [1.82, 2.24) is 4.31 Å². The second-order valence-corrected chi connectivity index (χ2v) is 12.7. The Kier molecular flexibility index (Phi) is 10.0. The lowest BCUT2D eigenvalue weighted by molar-refractivity contribution is -0.458. The molecule has 0 fully saturated rings. The second kappa shape index (κ2) is 11.1. The van der Waals surface area contributed by atoms with E-state index in [2.05, 4.69) is 0 Å². The minimum Gasteiger partial charge on any atom is -0.224 e. The molecule has 0 aliphatic carbocycles. The van der Waals surface area contributed by atoms with Crippen LogP contribution in [0.3, 0.4) is 0 Å². The highest BCUT2D eigenvalue weighted by Crippen LogP contribution is 2.64. The highest BCUT2D eigenvalue weighted by atomic mass is 32.2. The molecule has 252 valence electrons. The Labute approximate surface area is 230 Å². The molecule has 0 amide bonds. The number of rotatable bonds is 13. The first kappa shape index (κ1) is 38.9. The van der Waals surface area contributed by atoms with Gasteiger partial charge < -0.3 is 0 Å². The maximum atomic E-state index is 14.4. The van der Waals surface area contributed by atoms with E-state index in [0.29, 0.717) is 12.5 Å². The number of hydrogen-bond donors (Lipinski definition) is 0. The van der Waals surface area contributed by atoms with Crippen molar-refractivity contribution in [2.24, 2.45) is 0 Å². The van der Waals surface area contributed by atoms with Crippen LogP contribution in [0.5, 0.6) is 0 Å². The van der Waals surface area contributed by atoms with Crippen molar-refractivity contribution in [3.05, 3.63) is 29.8 Å². The van der Waals surface area contributed by atoms with Gasteiger partial charge in [0, 0.05) is 13.1 Å². The van der Waals surface area contributed by atoms with Crippen LogP contribution in [0.1, 0.15) is 12.5 Å². The maximum Gasteiger partial charge on any atom is 0.460 e. The van der Waals surface area contributed by atoms with E-state index in [-0.39, 0.29) is 0 Å². The largest absolute Gasteiger partial charge is 0.460 e. The predicted molar refractivity (Wildman–Crippen MR) is 110 cm³/mol. The van der Waals surface area contributed by atoms with E-state index >= 15 is 0 Å². The lowest BCUT2D eigenvalue weighted by Gasteiger charge is -2.43. The average molecular weight is 709 g/mol. The molecule has 5 nitrogen and oxygen atoms in total. The molecule has 0 bridgehead atoms. The summed E-state index contributed by atoms with van der Waals surface area (Å²) in [4.78, 5) is -0.631. The Morgan fingerprint density at radius 3 is 1.28 bits per heavy atom. The molecule has 0 aromatic heterocycles. The lowest BCUT2D eigenvalue weighted by Crippen LogP contribution is -2.75. The summed E-state index contributed by atoms with van der Waals surface area (Å²) in [6.07, 6.45) is -7.93. The summed E-state index contributed by atoms with van der Waals surface area (Å²) in [5, 5.41) is -7.76. The molecule has 24 heteroatoms. The third-order valence-electron chi connectivity index (χ3n) is 5.70. The fourth-order valence-electron chi connectivity index (χ4n) is 3.01. The topological polar surface area (TPSA) is 71.5 Å². The number of benzene rings is 1. The zero-order valence-corrected chi connectivity index (χ0v) is 22.4. The molecular weight excluding hydrogens is 693 g/mol. The smallest absolute Gasteiger partial charge is 0.224 e. The lowest BCUT2D eigenvalue weighted by atomic mass is 9.91. The molecule has 1 aromatic rings. The highest BCUT2D eigenvalue weighted by Gasteiger charge is 2.96. The van der Waals surface area contributed by atoms with Crippen LogP contribution in [-0.4, -0.2) is 86.9 Å². The first-order chi connectivity index (χ1) is 18.7. The van der Waals surface area contributed by atoms with Crippen molar-refractivity contribution >= 4 is 19.9 Å². The van der Waals surface area contributed by atoms with E-state index in [9.17, 15) is 91.5 Å². The van der Waals surface area contributed by atoms with E-state index in [4.69, 9.17) is 0 Å². The number of halogens is 17. The van der Waals surface area contributed by atoms with Crippen LogP contribution in [0.25, 0.3) is 0 Å². The Morgan fingerprint density at radius 2 is 0.930 bits per heavy atom. The molecule has 0 aliphatic heterocycles. The highest BCUT2D eigenvalue weighted by molar-refractivity contribution is 7.92. The zero-order chi connectivity index (χ0) is 34.7. The van der Waals surface area contributed by atoms with E-state index in [1.165, 1.54) is 19.1 Å². The van der Waals surface area contributed by atoms with Crippen molar-refractivity contribution in [1.29, 1.82) is 0 Å². The molecule has 0 spiro atoms. The first-order valence-corrected chi connectivity index (χ1v) is 13.8. The van der Waals surface area contributed by atoms with Gasteiger partial charge >= 0.3 is 47.0 Å². The summed E-state index contributed by atoms with van der Waals surface area (Å²) in [5.74, 6) is -53.8. The molecule has 43 heavy (non-hydrogen) atoms. The normalized spacial score (nSPS) is 15.7. The third-order valence-corrected chi connectivity index (χ3v) is 9.43. The van der Waals surface area contributed by atoms with Crippen molar-refractivity contribution in [2.75, 3.05) is 18.8 Å². The maximum absolute atomic E-state index is 14.4. The van der Waals surface area contributed by atoms with Crippen molar-refractivity contribution in [3.63, 3.8) is 0 Å². The standard InChI is InChI=1S/C19H16F17NO4S2/c1-3-37(8-9-42(38,39)11-6-4-10(2)5-7-11)43(40,41)19(35,36)17(30,31)15(26,27)13(22,23)12(20,21)14(24,25)16(28,29)18(32,33)34/h4-7H,3,8-9H2,1-2H3. The fraction of sp³-hybridized carbons (Fsp3) is 0.684. The number of aryl methyl sites for hydroxylation is 1. The van der Waals surface area contributed by atoms with Crippen LogP contribution >= 0.6 is 0 Å². The van der Waals surface area contributed by atoms with Gasteiger partial charge in [0.1, 0.15) is 0 Å². The first-order valence-electron chi connectivity index (χ1n) is 10.7. The quantitative estimate of drug-likeness (QED) is 0.223. The summed E-state index contributed by atoms with van der Waals surface area (Å²) in [5.41, 5.74) is 0.460. The molecule has 0 saturated heterocycles. The Morgan fingerprint density at radius 1 is 0.581 bits per heavy atom. The van der Waals surface area contributed by atoms with Crippen LogP contribution in [0.4, 0.5) is 74.6 Å². The molecule has 0 N–H and O–H groups in total. The van der Waals surface area contributed by atoms with Gasteiger partial charge in [0.05, 0.1) is 10.6 Å². The number of nitrogens with zero attached hydrogens (tertiary/aromatic N) is 1. The minimum atomic E-state index is -8.95. The zero-order valence-electron chi connectivity index (χ0n) is 20.8. The van der Waals surface area contributed by atoms with E-state index in [1.807, 2.05) is 0 Å². The Bertz CT molecular complexity index is 1370. The summed E-state index contributed by atoms with van der Waals surface area (Å²) < 4.78 is 277. The monoisotopic (exact) mass is 709 g/mol. The molecule has 0 atom stereocenters. The number of sulfonamides is 1. The SMILES string of the molecule is CCN(CCS(=O)(=O)c1ccc(C)cc1)S(=O)(=O)C(F)(F)C(F)(F)C(F)(F)C(F)(F)C(F)(F)C(F)(F)C(F)(F)C(F)(F)F. The molecule has 1 aromatic carbocycles. The molecule has 0 saturated carbocycles. The fourth-order valence-corrected chi connectivity index (χ4v) is 5.82. The summed E-state index contributed by atoms with van der Waals surface area (Å²) in [6, 6.07) is 4.11. The van der Waals surface area contributed by atoms with Gasteiger partial charge in [-0.1, -0.05) is 24.6 Å². The second-order valence-electron chi connectivity index (χ2n) is 8.59. The summed E-state index contributed by atoms with van der Waals surface area (Å²) in [7, 11) is -12.3. The molecule has 0 unspecified atom stereocenters. The van der Waals surface area contributed by atoms with Gasteiger partial charge in [-0.3, -0.25) is 0 Å². The number of hydrogen-bond acceptors (Lipinski definition) is 4. The molecule has 1 rings (SSSR count). The van der Waals surface area contributed by atoms with Crippen LogP contribution in [-0.2, 0) is 19.9 Å². The Balaban J connectivity index is 3.63. The van der Waals surface area contributed by atoms with Gasteiger partial charge in [0.25, 0.3) is 10.0 Å². The summed E-state index contributed by atoms with van der Waals surface area (Å²) >= 11 is 0. The average Bonchev–Trinajstić information content (AvgIpc) is 2.82. The summed E-state index contributed by atoms with van der Waals surface area (Å²) in [6.45, 7) is -1.44. The van der Waals surface area contributed by atoms with Crippen molar-refractivity contribution in [3.8, 4) is 0 Å². The van der Waals surface area contributed by atoms with Gasteiger partial charge in [0.15, 0.2) is 9.84 Å². The van der Waals surface area contributed by atoms with Gasteiger partial charge in [-0.2, -0.15) is 78.9 Å². The molecular formula is C19H16F17NO4S2. The minimum absolute atomic E-state index is 0.460. The number of alkyl halides is 17. The van der Waals surface area contributed by atoms with Crippen LogP contribution in [0, 0.1) is 6.92 Å². The molecule has 0 radical (unpaired) electrons. The van der Waals surface area contributed by atoms with Crippen LogP contribution in [0.2, 0.25) is 0 Å². The van der Waals surface area contributed by atoms with E-state index < -0.39 is 94.9 Å². The van der Waals surface area contributed by atoms with E-state index in [0.717, 1.165) is 12.1 Å². The molecule has 0 heterocycles.